The maximum Gasteiger partial charge on any atom is 0.101 e. The van der Waals surface area contributed by atoms with E-state index in [0.717, 1.165) is 22.4 Å². The van der Waals surface area contributed by atoms with Gasteiger partial charge in [-0.3, -0.25) is 0 Å². The molecule has 0 spiro atoms. The maximum atomic E-state index is 4.53. The zero-order valence-corrected chi connectivity index (χ0v) is 12.9. The average molecular weight is 296 g/mol. The second-order valence-corrected chi connectivity index (χ2v) is 5.64. The highest BCUT2D eigenvalue weighted by molar-refractivity contribution is 6.24. The van der Waals surface area contributed by atoms with E-state index in [4.69, 9.17) is 0 Å². The summed E-state index contributed by atoms with van der Waals surface area (Å²) < 4.78 is 0. The van der Waals surface area contributed by atoms with Gasteiger partial charge < -0.3 is 0 Å². The van der Waals surface area contributed by atoms with Crippen LogP contribution in [0, 0.1) is 6.92 Å². The van der Waals surface area contributed by atoms with E-state index < -0.39 is 0 Å². The third-order valence-corrected chi connectivity index (χ3v) is 4.20. The van der Waals surface area contributed by atoms with Crippen LogP contribution < -0.4 is 0 Å². The van der Waals surface area contributed by atoms with Gasteiger partial charge in [-0.15, -0.1) is 5.10 Å². The van der Waals surface area contributed by atoms with E-state index in [2.05, 4.69) is 65.7 Å². The van der Waals surface area contributed by atoms with Crippen LogP contribution in [0.15, 0.2) is 83.0 Å². The highest BCUT2D eigenvalue weighted by atomic mass is 15.2. The molecular formula is C21H16N2. The molecule has 2 heteroatoms. The van der Waals surface area contributed by atoms with E-state index in [1.165, 1.54) is 16.7 Å². The lowest BCUT2D eigenvalue weighted by Gasteiger charge is -1.99. The Hall–Kier alpha value is -3.00. The van der Waals surface area contributed by atoms with E-state index in [1.54, 1.807) is 0 Å². The molecule has 1 aliphatic carbocycles. The van der Waals surface area contributed by atoms with Crippen molar-refractivity contribution in [2.75, 3.05) is 0 Å². The van der Waals surface area contributed by atoms with E-state index in [-0.39, 0.29) is 0 Å². The molecule has 0 bridgehead atoms. The Labute approximate surface area is 135 Å². The third kappa shape index (κ3) is 2.38. The highest BCUT2D eigenvalue weighted by Gasteiger charge is 2.23. The number of rotatable bonds is 2. The van der Waals surface area contributed by atoms with Gasteiger partial charge in [0, 0.05) is 11.1 Å². The summed E-state index contributed by atoms with van der Waals surface area (Å²) in [5.74, 6) is 0. The summed E-state index contributed by atoms with van der Waals surface area (Å²) in [6, 6.07) is 24.9. The van der Waals surface area contributed by atoms with Crippen LogP contribution in [0.3, 0.4) is 0 Å². The molecule has 0 heterocycles. The normalized spacial score (nSPS) is 12.3. The first-order valence-corrected chi connectivity index (χ1v) is 7.70. The summed E-state index contributed by atoms with van der Waals surface area (Å²) in [5.41, 5.74) is 7.99. The Morgan fingerprint density at radius 3 is 1.78 bits per heavy atom. The molecule has 0 aromatic heterocycles. The fourth-order valence-electron chi connectivity index (χ4n) is 2.98. The number of nitrogens with zero attached hydrogens (tertiary/aromatic N) is 2. The van der Waals surface area contributed by atoms with Gasteiger partial charge in [-0.25, -0.2) is 0 Å². The SMILES string of the molecule is Cc1ccccc1/C=N/N=C1c2ccccc2-c2ccccc21. The van der Waals surface area contributed by atoms with Gasteiger partial charge in [-0.05, 0) is 29.2 Å². The average Bonchev–Trinajstić information content (AvgIpc) is 2.91. The molecule has 0 unspecified atom stereocenters. The van der Waals surface area contributed by atoms with Crippen LogP contribution in [0.4, 0.5) is 0 Å². The number of fused-ring (bicyclic) bond motifs is 3. The first-order chi connectivity index (χ1) is 11.3. The predicted molar refractivity (Wildman–Crippen MR) is 96.3 cm³/mol. The van der Waals surface area contributed by atoms with Crippen molar-refractivity contribution in [3.8, 4) is 11.1 Å². The van der Waals surface area contributed by atoms with Crippen LogP contribution in [-0.2, 0) is 0 Å². The molecule has 3 aromatic carbocycles. The van der Waals surface area contributed by atoms with Crippen molar-refractivity contribution in [2.24, 2.45) is 10.2 Å². The second kappa shape index (κ2) is 5.65. The van der Waals surface area contributed by atoms with Crippen molar-refractivity contribution in [1.29, 1.82) is 0 Å². The molecule has 0 fully saturated rings. The molecule has 4 rings (SSSR count). The van der Waals surface area contributed by atoms with Crippen LogP contribution in [0.2, 0.25) is 0 Å². The zero-order chi connectivity index (χ0) is 15.6. The number of hydrogen-bond donors (Lipinski definition) is 0. The molecule has 0 saturated heterocycles. The molecule has 2 nitrogen and oxygen atoms in total. The molecule has 1 aliphatic rings. The predicted octanol–water partition coefficient (Wildman–Crippen LogP) is 4.85. The van der Waals surface area contributed by atoms with Gasteiger partial charge in [-0.1, -0.05) is 72.8 Å². The van der Waals surface area contributed by atoms with Crippen LogP contribution >= 0.6 is 0 Å². The van der Waals surface area contributed by atoms with Crippen molar-refractivity contribution in [2.45, 2.75) is 6.92 Å². The highest BCUT2D eigenvalue weighted by Crippen LogP contribution is 2.36. The largest absolute Gasteiger partial charge is 0.158 e. The lowest BCUT2D eigenvalue weighted by molar-refractivity contribution is 1.25. The summed E-state index contributed by atoms with van der Waals surface area (Å²) in [6.07, 6.45) is 1.83. The first-order valence-electron chi connectivity index (χ1n) is 7.70. The molecule has 0 amide bonds. The smallest absolute Gasteiger partial charge is 0.101 e. The quantitative estimate of drug-likeness (QED) is 0.373. The van der Waals surface area contributed by atoms with Gasteiger partial charge in [0.25, 0.3) is 0 Å². The molecule has 0 saturated carbocycles. The fourth-order valence-corrected chi connectivity index (χ4v) is 2.98. The van der Waals surface area contributed by atoms with Crippen molar-refractivity contribution >= 4 is 11.9 Å². The topological polar surface area (TPSA) is 24.7 Å². The second-order valence-electron chi connectivity index (χ2n) is 5.64. The molecule has 0 aliphatic heterocycles. The Morgan fingerprint density at radius 1 is 0.652 bits per heavy atom. The van der Waals surface area contributed by atoms with Crippen molar-refractivity contribution < 1.29 is 0 Å². The van der Waals surface area contributed by atoms with Gasteiger partial charge in [0.15, 0.2) is 0 Å². The number of aryl methyl sites for hydroxylation is 1. The van der Waals surface area contributed by atoms with Crippen LogP contribution in [-0.4, -0.2) is 11.9 Å². The molecule has 0 radical (unpaired) electrons. The molecule has 3 aromatic rings. The van der Waals surface area contributed by atoms with E-state index in [0.29, 0.717) is 0 Å². The Balaban J connectivity index is 1.78. The van der Waals surface area contributed by atoms with E-state index in [1.807, 2.05) is 30.5 Å². The van der Waals surface area contributed by atoms with E-state index in [9.17, 15) is 0 Å². The summed E-state index contributed by atoms with van der Waals surface area (Å²) in [7, 11) is 0. The summed E-state index contributed by atoms with van der Waals surface area (Å²) >= 11 is 0. The minimum Gasteiger partial charge on any atom is -0.158 e. The first kappa shape index (κ1) is 13.6. The minimum atomic E-state index is 0.945. The standard InChI is InChI=1S/C21H16N2/c1-15-8-2-3-9-16(15)14-22-23-21-19-12-6-4-10-17(19)18-11-5-7-13-20(18)21/h2-14H,1H3/b22-14+. The Kier molecular flexibility index (Phi) is 3.35. The zero-order valence-electron chi connectivity index (χ0n) is 12.9. The van der Waals surface area contributed by atoms with Gasteiger partial charge in [0.2, 0.25) is 0 Å². The Bertz CT molecular complexity index is 888. The van der Waals surface area contributed by atoms with Crippen molar-refractivity contribution in [3.05, 3.63) is 95.1 Å². The molecule has 0 N–H and O–H groups in total. The van der Waals surface area contributed by atoms with Crippen LogP contribution in [0.5, 0.6) is 0 Å². The Morgan fingerprint density at radius 2 is 1.17 bits per heavy atom. The summed E-state index contributed by atoms with van der Waals surface area (Å²) in [5, 5.41) is 8.87. The minimum absolute atomic E-state index is 0.945. The lowest BCUT2D eigenvalue weighted by Crippen LogP contribution is -1.97. The third-order valence-electron chi connectivity index (χ3n) is 4.20. The summed E-state index contributed by atoms with van der Waals surface area (Å²) in [4.78, 5) is 0. The van der Waals surface area contributed by atoms with Crippen molar-refractivity contribution in [1.82, 2.24) is 0 Å². The monoisotopic (exact) mass is 296 g/mol. The van der Waals surface area contributed by atoms with Crippen LogP contribution in [0.25, 0.3) is 11.1 Å². The van der Waals surface area contributed by atoms with Gasteiger partial charge in [0.05, 0.1) is 6.21 Å². The van der Waals surface area contributed by atoms with Gasteiger partial charge in [-0.2, -0.15) is 5.10 Å². The maximum absolute atomic E-state index is 4.53. The van der Waals surface area contributed by atoms with E-state index >= 15 is 0 Å². The molecule has 110 valence electrons. The van der Waals surface area contributed by atoms with Crippen molar-refractivity contribution in [3.63, 3.8) is 0 Å². The summed E-state index contributed by atoms with van der Waals surface area (Å²) in [6.45, 7) is 2.08. The number of hydrogen-bond acceptors (Lipinski definition) is 2. The molecular weight excluding hydrogens is 280 g/mol. The van der Waals surface area contributed by atoms with Crippen LogP contribution in [0.1, 0.15) is 22.3 Å². The van der Waals surface area contributed by atoms with Gasteiger partial charge >= 0.3 is 0 Å². The number of benzene rings is 3. The molecule has 23 heavy (non-hydrogen) atoms. The van der Waals surface area contributed by atoms with Gasteiger partial charge in [0.1, 0.15) is 5.71 Å². The fraction of sp³-hybridized carbons (Fsp3) is 0.0476. The molecule has 0 atom stereocenters. The lowest BCUT2D eigenvalue weighted by atomic mass is 10.1.